The van der Waals surface area contributed by atoms with Gasteiger partial charge in [0.1, 0.15) is 18.3 Å². The van der Waals surface area contributed by atoms with Crippen molar-refractivity contribution in [2.75, 3.05) is 6.61 Å². The van der Waals surface area contributed by atoms with Crippen LogP contribution in [0.25, 0.3) is 0 Å². The molecule has 4 heteroatoms. The number of para-hydroxylation sites is 1. The number of benzene rings is 2. The van der Waals surface area contributed by atoms with Gasteiger partial charge in [0, 0.05) is 0 Å². The highest BCUT2D eigenvalue weighted by Gasteiger charge is 2.20. The molecule has 1 unspecified atom stereocenters. The van der Waals surface area contributed by atoms with Gasteiger partial charge in [0.2, 0.25) is 0 Å². The molecule has 0 heterocycles. The third-order valence-electron chi connectivity index (χ3n) is 2.74. The van der Waals surface area contributed by atoms with E-state index in [0.29, 0.717) is 5.75 Å². The van der Waals surface area contributed by atoms with Crippen molar-refractivity contribution in [3.8, 4) is 5.75 Å². The first-order valence-corrected chi connectivity index (χ1v) is 6.63. The van der Waals surface area contributed by atoms with Crippen LogP contribution in [0.15, 0.2) is 59.1 Å². The molecule has 0 amide bonds. The largest absolute Gasteiger partial charge is 0.491 e. The summed E-state index contributed by atoms with van der Waals surface area (Å²) in [5, 5.41) is 9.28. The topological polar surface area (TPSA) is 46.5 Å². The van der Waals surface area contributed by atoms with Gasteiger partial charge in [-0.25, -0.2) is 0 Å². The van der Waals surface area contributed by atoms with Gasteiger partial charge < -0.3 is 9.84 Å². The van der Waals surface area contributed by atoms with Crippen LogP contribution in [0.5, 0.6) is 5.75 Å². The first-order chi connectivity index (χ1) is 9.18. The summed E-state index contributed by atoms with van der Waals surface area (Å²) in [6.07, 6.45) is 0. The molecule has 0 spiro atoms. The Kier molecular flexibility index (Phi) is 4.58. The highest BCUT2D eigenvalue weighted by Crippen LogP contribution is 2.25. The molecule has 0 aliphatic heterocycles. The number of hydrogen-bond acceptors (Lipinski definition) is 2. The van der Waals surface area contributed by atoms with Crippen molar-refractivity contribution >= 4 is 21.9 Å². The zero-order valence-corrected chi connectivity index (χ0v) is 11.7. The van der Waals surface area contributed by atoms with Crippen molar-refractivity contribution in [2.24, 2.45) is 0 Å². The fourth-order valence-corrected chi connectivity index (χ4v) is 2.13. The molecule has 1 N–H and O–H groups in total. The average molecular weight is 321 g/mol. The van der Waals surface area contributed by atoms with Crippen LogP contribution < -0.4 is 4.74 Å². The van der Waals surface area contributed by atoms with Crippen molar-refractivity contribution in [3.63, 3.8) is 0 Å². The molecule has 2 rings (SSSR count). The quantitative estimate of drug-likeness (QED) is 0.913. The first-order valence-electron chi connectivity index (χ1n) is 5.83. The van der Waals surface area contributed by atoms with Gasteiger partial charge in [-0.05, 0) is 33.6 Å². The molecule has 98 valence electrons. The van der Waals surface area contributed by atoms with E-state index in [0.717, 1.165) is 10.0 Å². The van der Waals surface area contributed by atoms with Gasteiger partial charge in [0.05, 0.1) is 4.47 Å². The van der Waals surface area contributed by atoms with Crippen LogP contribution in [0.1, 0.15) is 11.5 Å². The summed E-state index contributed by atoms with van der Waals surface area (Å²) in [6, 6.07) is 16.5. The minimum absolute atomic E-state index is 0.0992. The lowest BCUT2D eigenvalue weighted by molar-refractivity contribution is -0.139. The molecular formula is C15H13BrO3. The maximum Gasteiger partial charge on any atom is 0.314 e. The summed E-state index contributed by atoms with van der Waals surface area (Å²) >= 11 is 3.37. The second-order valence-corrected chi connectivity index (χ2v) is 4.90. The number of aliphatic carboxylic acids is 1. The van der Waals surface area contributed by atoms with Crippen molar-refractivity contribution in [1.82, 2.24) is 0 Å². The SMILES string of the molecule is O=C(O)C(COc1ccccc1Br)c1ccccc1. The molecule has 19 heavy (non-hydrogen) atoms. The smallest absolute Gasteiger partial charge is 0.314 e. The minimum Gasteiger partial charge on any atom is -0.491 e. The fourth-order valence-electron chi connectivity index (χ4n) is 1.73. The van der Waals surface area contributed by atoms with Crippen molar-refractivity contribution in [3.05, 3.63) is 64.6 Å². The van der Waals surface area contributed by atoms with Gasteiger partial charge in [-0.15, -0.1) is 0 Å². The summed E-state index contributed by atoms with van der Waals surface area (Å²) in [5.74, 6) is -0.920. The number of ether oxygens (including phenoxy) is 1. The number of carboxylic acid groups (broad SMARTS) is 1. The van der Waals surface area contributed by atoms with Gasteiger partial charge in [0.15, 0.2) is 0 Å². The lowest BCUT2D eigenvalue weighted by Gasteiger charge is -2.14. The summed E-state index contributed by atoms with van der Waals surface area (Å²) in [5.41, 5.74) is 0.738. The van der Waals surface area contributed by atoms with Crippen molar-refractivity contribution in [2.45, 2.75) is 5.92 Å². The summed E-state index contributed by atoms with van der Waals surface area (Å²) in [7, 11) is 0. The summed E-state index contributed by atoms with van der Waals surface area (Å²) < 4.78 is 6.40. The van der Waals surface area contributed by atoms with Gasteiger partial charge in [-0.1, -0.05) is 42.5 Å². The predicted molar refractivity (Wildman–Crippen MR) is 76.5 cm³/mol. The van der Waals surface area contributed by atoms with Crippen LogP contribution in [0.4, 0.5) is 0 Å². The summed E-state index contributed by atoms with van der Waals surface area (Å²) in [4.78, 5) is 11.3. The maximum absolute atomic E-state index is 11.3. The molecule has 1 atom stereocenters. The molecule has 0 saturated carbocycles. The van der Waals surface area contributed by atoms with E-state index in [-0.39, 0.29) is 6.61 Å². The molecule has 0 aromatic heterocycles. The van der Waals surface area contributed by atoms with Gasteiger partial charge in [-0.3, -0.25) is 4.79 Å². The molecule has 0 saturated heterocycles. The van der Waals surface area contributed by atoms with Crippen LogP contribution in [-0.4, -0.2) is 17.7 Å². The molecular weight excluding hydrogens is 308 g/mol. The predicted octanol–water partition coefficient (Wildman–Crippen LogP) is 3.70. The standard InChI is InChI=1S/C15H13BrO3/c16-13-8-4-5-9-14(13)19-10-12(15(17)18)11-6-2-1-3-7-11/h1-9,12H,10H2,(H,17,18). The Bertz CT molecular complexity index is 554. The van der Waals surface area contributed by atoms with Gasteiger partial charge in [0.25, 0.3) is 0 Å². The van der Waals surface area contributed by atoms with E-state index in [1.165, 1.54) is 0 Å². The van der Waals surface area contributed by atoms with E-state index in [1.807, 2.05) is 36.4 Å². The lowest BCUT2D eigenvalue weighted by Crippen LogP contribution is -2.19. The van der Waals surface area contributed by atoms with Crippen LogP contribution in [0.3, 0.4) is 0 Å². The molecule has 0 aliphatic rings. The second kappa shape index (κ2) is 6.38. The third-order valence-corrected chi connectivity index (χ3v) is 3.40. The number of halogens is 1. The summed E-state index contributed by atoms with van der Waals surface area (Å²) in [6.45, 7) is 0.0992. The van der Waals surface area contributed by atoms with E-state index >= 15 is 0 Å². The van der Waals surface area contributed by atoms with Gasteiger partial charge >= 0.3 is 5.97 Å². The Morgan fingerprint density at radius 2 is 1.74 bits per heavy atom. The second-order valence-electron chi connectivity index (χ2n) is 4.04. The van der Waals surface area contributed by atoms with Crippen LogP contribution in [0.2, 0.25) is 0 Å². The number of rotatable bonds is 5. The monoisotopic (exact) mass is 320 g/mol. The molecule has 0 aliphatic carbocycles. The molecule has 2 aromatic carbocycles. The van der Waals surface area contributed by atoms with E-state index in [9.17, 15) is 9.90 Å². The van der Waals surface area contributed by atoms with Crippen LogP contribution in [0, 0.1) is 0 Å². The minimum atomic E-state index is -0.891. The highest BCUT2D eigenvalue weighted by atomic mass is 79.9. The van der Waals surface area contributed by atoms with Crippen LogP contribution >= 0.6 is 15.9 Å². The van der Waals surface area contributed by atoms with E-state index in [4.69, 9.17) is 4.74 Å². The third kappa shape index (κ3) is 3.58. The first kappa shape index (κ1) is 13.6. The molecule has 3 nitrogen and oxygen atoms in total. The van der Waals surface area contributed by atoms with Crippen LogP contribution in [-0.2, 0) is 4.79 Å². The lowest BCUT2D eigenvalue weighted by atomic mass is 10.0. The molecule has 0 radical (unpaired) electrons. The maximum atomic E-state index is 11.3. The Morgan fingerprint density at radius 3 is 2.37 bits per heavy atom. The Labute approximate surface area is 120 Å². The highest BCUT2D eigenvalue weighted by molar-refractivity contribution is 9.10. The van der Waals surface area contributed by atoms with Crippen molar-refractivity contribution < 1.29 is 14.6 Å². The van der Waals surface area contributed by atoms with E-state index < -0.39 is 11.9 Å². The Morgan fingerprint density at radius 1 is 1.11 bits per heavy atom. The van der Waals surface area contributed by atoms with E-state index in [1.54, 1.807) is 18.2 Å². The fraction of sp³-hybridized carbons (Fsp3) is 0.133. The average Bonchev–Trinajstić information content (AvgIpc) is 2.42. The zero-order valence-electron chi connectivity index (χ0n) is 10.1. The number of carbonyl (C=O) groups is 1. The molecule has 0 bridgehead atoms. The Hall–Kier alpha value is -1.81. The van der Waals surface area contributed by atoms with E-state index in [2.05, 4.69) is 15.9 Å². The normalized spacial score (nSPS) is 11.8. The zero-order chi connectivity index (χ0) is 13.7. The Balaban J connectivity index is 2.11. The van der Waals surface area contributed by atoms with Gasteiger partial charge in [-0.2, -0.15) is 0 Å². The van der Waals surface area contributed by atoms with Crippen molar-refractivity contribution in [1.29, 1.82) is 0 Å². The molecule has 0 fully saturated rings. The number of hydrogen-bond donors (Lipinski definition) is 1. The molecule has 2 aromatic rings. The number of carboxylic acids is 1.